The number of carboxylic acids is 1. The van der Waals surface area contributed by atoms with Gasteiger partial charge >= 0.3 is 5.97 Å². The number of carbonyl (C=O) groups is 4. The minimum absolute atomic E-state index is 0.0468. The Morgan fingerprint density at radius 3 is 2.00 bits per heavy atom. The molecule has 0 bridgehead atoms. The number of aliphatic carboxylic acids is 1. The second-order valence-corrected chi connectivity index (χ2v) is 9.11. The van der Waals surface area contributed by atoms with Crippen LogP contribution in [0.4, 0.5) is 0 Å². The van der Waals surface area contributed by atoms with E-state index in [1.165, 1.54) is 19.1 Å². The van der Waals surface area contributed by atoms with Crippen molar-refractivity contribution in [2.45, 2.75) is 78.0 Å². The maximum Gasteiger partial charge on any atom is 0.325 e. The molecule has 10 heteroatoms. The maximum absolute atomic E-state index is 13.2. The summed E-state index contributed by atoms with van der Waals surface area (Å²) in [6, 6.07) is 2.13. The van der Waals surface area contributed by atoms with Crippen LogP contribution < -0.4 is 21.7 Å². The number of carboxylic acid groups (broad SMARTS) is 1. The summed E-state index contributed by atoms with van der Waals surface area (Å²) < 4.78 is 0. The highest BCUT2D eigenvalue weighted by Gasteiger charge is 2.32. The number of hydrogen-bond donors (Lipinski definition) is 6. The van der Waals surface area contributed by atoms with Crippen LogP contribution in [0.3, 0.4) is 0 Å². The zero-order valence-electron chi connectivity index (χ0n) is 20.5. The van der Waals surface area contributed by atoms with Crippen molar-refractivity contribution < 1.29 is 29.4 Å². The van der Waals surface area contributed by atoms with Gasteiger partial charge in [-0.2, -0.15) is 0 Å². The Hall–Kier alpha value is -3.14. The van der Waals surface area contributed by atoms with Crippen LogP contribution in [-0.2, 0) is 25.6 Å². The number of nitrogens with one attached hydrogen (secondary N) is 3. The van der Waals surface area contributed by atoms with Crippen molar-refractivity contribution in [2.24, 2.45) is 17.6 Å². The Morgan fingerprint density at radius 2 is 1.50 bits per heavy atom. The molecule has 0 aliphatic rings. The molecule has 1 aromatic rings. The third-order valence-corrected chi connectivity index (χ3v) is 5.59. The van der Waals surface area contributed by atoms with E-state index in [2.05, 4.69) is 16.0 Å². The summed E-state index contributed by atoms with van der Waals surface area (Å²) in [4.78, 5) is 49.8. The molecule has 1 rings (SSSR count). The van der Waals surface area contributed by atoms with E-state index in [1.54, 1.807) is 19.1 Å². The Bertz CT molecular complexity index is 842. The van der Waals surface area contributed by atoms with Crippen LogP contribution in [0.5, 0.6) is 5.75 Å². The molecule has 0 heterocycles. The summed E-state index contributed by atoms with van der Waals surface area (Å²) >= 11 is 0. The van der Waals surface area contributed by atoms with E-state index < -0.39 is 47.9 Å². The van der Waals surface area contributed by atoms with E-state index in [9.17, 15) is 24.3 Å². The number of aromatic hydroxyl groups is 1. The third-order valence-electron chi connectivity index (χ3n) is 5.59. The summed E-state index contributed by atoms with van der Waals surface area (Å²) in [6.07, 6.45) is 1.10. The molecule has 34 heavy (non-hydrogen) atoms. The Balaban J connectivity index is 3.09. The molecule has 0 spiro atoms. The summed E-state index contributed by atoms with van der Waals surface area (Å²) in [6.45, 7) is 8.88. The van der Waals surface area contributed by atoms with Gasteiger partial charge in [-0.15, -0.1) is 0 Å². The number of benzene rings is 1. The fourth-order valence-corrected chi connectivity index (χ4v) is 3.29. The van der Waals surface area contributed by atoms with E-state index in [-0.39, 0.29) is 24.0 Å². The lowest BCUT2D eigenvalue weighted by atomic mass is 9.96. The van der Waals surface area contributed by atoms with Gasteiger partial charge < -0.3 is 31.9 Å². The van der Waals surface area contributed by atoms with Crippen molar-refractivity contribution in [1.29, 1.82) is 0 Å². The van der Waals surface area contributed by atoms with Crippen LogP contribution >= 0.6 is 0 Å². The van der Waals surface area contributed by atoms with Crippen LogP contribution in [0.15, 0.2) is 24.3 Å². The van der Waals surface area contributed by atoms with Crippen LogP contribution in [0.1, 0.15) is 53.0 Å². The molecule has 0 saturated carbocycles. The molecule has 0 fully saturated rings. The molecule has 3 amide bonds. The number of rotatable bonds is 13. The highest BCUT2D eigenvalue weighted by molar-refractivity contribution is 5.94. The van der Waals surface area contributed by atoms with Gasteiger partial charge in [-0.25, -0.2) is 0 Å². The van der Waals surface area contributed by atoms with E-state index in [0.29, 0.717) is 18.4 Å². The molecule has 0 unspecified atom stereocenters. The highest BCUT2D eigenvalue weighted by atomic mass is 16.4. The number of phenols is 1. The minimum Gasteiger partial charge on any atom is -0.508 e. The topological polar surface area (TPSA) is 171 Å². The van der Waals surface area contributed by atoms with Crippen molar-refractivity contribution in [3.05, 3.63) is 29.8 Å². The van der Waals surface area contributed by atoms with Crippen molar-refractivity contribution in [2.75, 3.05) is 0 Å². The number of nitrogens with two attached hydrogens (primary N) is 1. The van der Waals surface area contributed by atoms with Gasteiger partial charge in [0.2, 0.25) is 17.7 Å². The molecule has 0 aromatic heterocycles. The first kappa shape index (κ1) is 28.9. The van der Waals surface area contributed by atoms with Crippen molar-refractivity contribution in [3.63, 3.8) is 0 Å². The van der Waals surface area contributed by atoms with E-state index in [1.807, 2.05) is 20.8 Å². The first-order valence-electron chi connectivity index (χ1n) is 11.5. The van der Waals surface area contributed by atoms with Gasteiger partial charge in [0.1, 0.15) is 23.9 Å². The second kappa shape index (κ2) is 13.5. The molecule has 0 aliphatic carbocycles. The monoisotopic (exact) mass is 478 g/mol. The SMILES string of the molecule is CC[C@H](C)[C@H](NC(=O)[C@@H](N)CC(C)C)C(=O)N[C@@H](Cc1ccc(O)cc1)C(=O)N[C@@H](C)C(=O)O. The van der Waals surface area contributed by atoms with Gasteiger partial charge in [-0.1, -0.05) is 46.2 Å². The van der Waals surface area contributed by atoms with E-state index in [4.69, 9.17) is 10.8 Å². The maximum atomic E-state index is 13.2. The lowest BCUT2D eigenvalue weighted by molar-refractivity contribution is -0.141. The normalized spacial score (nSPS) is 15.5. The van der Waals surface area contributed by atoms with Crippen molar-refractivity contribution in [3.8, 4) is 5.75 Å². The average Bonchev–Trinajstić information content (AvgIpc) is 2.76. The molecule has 0 saturated heterocycles. The van der Waals surface area contributed by atoms with E-state index in [0.717, 1.165) is 0 Å². The molecule has 190 valence electrons. The Morgan fingerprint density at radius 1 is 0.912 bits per heavy atom. The highest BCUT2D eigenvalue weighted by Crippen LogP contribution is 2.14. The van der Waals surface area contributed by atoms with Crippen LogP contribution in [-0.4, -0.2) is 58.1 Å². The predicted octanol–water partition coefficient (Wildman–Crippen LogP) is 0.913. The van der Waals surface area contributed by atoms with Crippen LogP contribution in [0.2, 0.25) is 0 Å². The summed E-state index contributed by atoms with van der Waals surface area (Å²) in [5.74, 6) is -2.91. The van der Waals surface area contributed by atoms with Gasteiger partial charge in [0.15, 0.2) is 0 Å². The summed E-state index contributed by atoms with van der Waals surface area (Å²) in [7, 11) is 0. The van der Waals surface area contributed by atoms with Gasteiger partial charge in [0.25, 0.3) is 0 Å². The number of phenolic OH excluding ortho intramolecular Hbond substituents is 1. The average molecular weight is 479 g/mol. The van der Waals surface area contributed by atoms with Gasteiger partial charge in [0, 0.05) is 6.42 Å². The quantitative estimate of drug-likeness (QED) is 0.245. The third kappa shape index (κ3) is 9.38. The molecule has 7 N–H and O–H groups in total. The second-order valence-electron chi connectivity index (χ2n) is 9.11. The fourth-order valence-electron chi connectivity index (χ4n) is 3.29. The van der Waals surface area contributed by atoms with Gasteiger partial charge in [0.05, 0.1) is 6.04 Å². The Labute approximate surface area is 200 Å². The molecular weight excluding hydrogens is 440 g/mol. The molecule has 10 nitrogen and oxygen atoms in total. The molecule has 0 radical (unpaired) electrons. The largest absolute Gasteiger partial charge is 0.508 e. The minimum atomic E-state index is -1.22. The van der Waals surface area contributed by atoms with Gasteiger partial charge in [-0.3, -0.25) is 19.2 Å². The zero-order chi connectivity index (χ0) is 26.0. The lowest BCUT2D eigenvalue weighted by Gasteiger charge is -2.28. The molecule has 0 aliphatic heterocycles. The standard InChI is InChI=1S/C24H38N4O6/c1-6-14(4)20(28-21(30)18(25)11-13(2)3)23(32)27-19(22(31)26-15(5)24(33)34)12-16-7-9-17(29)10-8-16/h7-10,13-15,18-20,29H,6,11-12,25H2,1-5H3,(H,26,31)(H,27,32)(H,28,30)(H,33,34)/t14-,15-,18-,19-,20-/m0/s1. The number of amides is 3. The molecule has 5 atom stereocenters. The first-order chi connectivity index (χ1) is 15.8. The lowest BCUT2D eigenvalue weighted by Crippen LogP contribution is -2.59. The molecule has 1 aromatic carbocycles. The smallest absolute Gasteiger partial charge is 0.325 e. The summed E-state index contributed by atoms with van der Waals surface area (Å²) in [5.41, 5.74) is 6.61. The Kier molecular flexibility index (Phi) is 11.5. The van der Waals surface area contributed by atoms with Crippen LogP contribution in [0, 0.1) is 11.8 Å². The fraction of sp³-hybridized carbons (Fsp3) is 0.583. The van der Waals surface area contributed by atoms with Gasteiger partial charge in [-0.05, 0) is 42.9 Å². The van der Waals surface area contributed by atoms with Crippen molar-refractivity contribution >= 4 is 23.7 Å². The number of hydrogen-bond acceptors (Lipinski definition) is 6. The zero-order valence-corrected chi connectivity index (χ0v) is 20.5. The predicted molar refractivity (Wildman–Crippen MR) is 128 cm³/mol. The van der Waals surface area contributed by atoms with Crippen molar-refractivity contribution in [1.82, 2.24) is 16.0 Å². The summed E-state index contributed by atoms with van der Waals surface area (Å²) in [5, 5.41) is 26.4. The first-order valence-corrected chi connectivity index (χ1v) is 11.5. The number of carbonyl (C=O) groups excluding carboxylic acids is 3. The molecular formula is C24H38N4O6. The van der Waals surface area contributed by atoms with Crippen LogP contribution in [0.25, 0.3) is 0 Å². The van der Waals surface area contributed by atoms with E-state index >= 15 is 0 Å².